The van der Waals surface area contributed by atoms with Crippen LogP contribution < -0.4 is 10.6 Å². The van der Waals surface area contributed by atoms with Crippen molar-refractivity contribution in [2.75, 3.05) is 18.4 Å². The van der Waals surface area contributed by atoms with Gasteiger partial charge in [-0.15, -0.1) is 0 Å². The number of nitrogens with one attached hydrogen (secondary N) is 2. The minimum Gasteiger partial charge on any atom is -0.341 e. The number of piperidine rings is 1. The van der Waals surface area contributed by atoms with Crippen LogP contribution in [-0.2, 0) is 0 Å². The number of fused-ring (bicyclic) bond motifs is 1. The fraction of sp³-hybridized carbons (Fsp3) is 0.364. The van der Waals surface area contributed by atoms with Crippen molar-refractivity contribution in [3.63, 3.8) is 0 Å². The minimum absolute atomic E-state index is 0.0602. The van der Waals surface area contributed by atoms with Crippen molar-refractivity contribution in [3.8, 4) is 0 Å². The molecule has 3 unspecified atom stereocenters. The number of carbonyl (C=O) groups excluding carboxylic acids is 2. The van der Waals surface area contributed by atoms with Gasteiger partial charge in [-0.3, -0.25) is 4.79 Å². The lowest BCUT2D eigenvalue weighted by molar-refractivity contribution is -0.226. The standard InChI is InChI=1S/C22H16BrClF7N3O2/c23-11-4-14-17(18(33-19(14)35)13-6-12(25)1-2-15(13)24)16(5-11)32-20(36)34-7-9(21(26,27)28)3-10(8-34)22(29,30)31/h1-2,4-6,9-10,18H,3,7-8H2,(H,32,36)(H,33,35). The molecule has 194 valence electrons. The maximum absolute atomic E-state index is 13.9. The van der Waals surface area contributed by atoms with Gasteiger partial charge in [0.2, 0.25) is 0 Å². The van der Waals surface area contributed by atoms with E-state index >= 15 is 0 Å². The van der Waals surface area contributed by atoms with Crippen molar-refractivity contribution in [3.05, 3.63) is 62.3 Å². The average Bonchev–Trinajstić information content (AvgIpc) is 3.10. The first-order valence-corrected chi connectivity index (χ1v) is 11.6. The quantitative estimate of drug-likeness (QED) is 0.378. The predicted molar refractivity (Wildman–Crippen MR) is 119 cm³/mol. The minimum atomic E-state index is -4.94. The Morgan fingerprint density at radius 1 is 1.06 bits per heavy atom. The lowest BCUT2D eigenvalue weighted by atomic mass is 9.88. The Morgan fingerprint density at radius 3 is 2.25 bits per heavy atom. The molecule has 2 aliphatic heterocycles. The molecule has 2 N–H and O–H groups in total. The number of rotatable bonds is 2. The predicted octanol–water partition coefficient (Wildman–Crippen LogP) is 6.67. The third-order valence-electron chi connectivity index (χ3n) is 6.13. The lowest BCUT2D eigenvalue weighted by Gasteiger charge is -2.39. The molecular weight excluding hydrogens is 587 g/mol. The summed E-state index contributed by atoms with van der Waals surface area (Å²) in [6.07, 6.45) is -11.0. The molecule has 2 aromatic carbocycles. The summed E-state index contributed by atoms with van der Waals surface area (Å²) in [7, 11) is 0. The Bertz CT molecular complexity index is 1200. The monoisotopic (exact) mass is 601 g/mol. The van der Waals surface area contributed by atoms with E-state index < -0.39 is 67.5 Å². The zero-order chi connectivity index (χ0) is 26.6. The van der Waals surface area contributed by atoms with Gasteiger partial charge in [-0.25, -0.2) is 9.18 Å². The van der Waals surface area contributed by atoms with Crippen LogP contribution >= 0.6 is 27.5 Å². The average molecular weight is 603 g/mol. The fourth-order valence-corrected chi connectivity index (χ4v) is 5.09. The molecule has 1 fully saturated rings. The van der Waals surface area contributed by atoms with Crippen LogP contribution in [0.1, 0.15) is 33.9 Å². The van der Waals surface area contributed by atoms with E-state index in [2.05, 4.69) is 26.6 Å². The molecule has 0 saturated carbocycles. The van der Waals surface area contributed by atoms with Gasteiger partial charge in [-0.05, 0) is 36.8 Å². The van der Waals surface area contributed by atoms with Gasteiger partial charge < -0.3 is 15.5 Å². The second-order valence-electron chi connectivity index (χ2n) is 8.53. The van der Waals surface area contributed by atoms with Gasteiger partial charge in [0.25, 0.3) is 5.91 Å². The van der Waals surface area contributed by atoms with Gasteiger partial charge >= 0.3 is 18.4 Å². The second kappa shape index (κ2) is 9.40. The first-order valence-electron chi connectivity index (χ1n) is 10.4. The Morgan fingerprint density at radius 2 is 1.67 bits per heavy atom. The number of urea groups is 1. The molecular formula is C22H16BrClF7N3O2. The van der Waals surface area contributed by atoms with Crippen LogP contribution in [0.25, 0.3) is 0 Å². The smallest absolute Gasteiger partial charge is 0.341 e. The summed E-state index contributed by atoms with van der Waals surface area (Å²) in [5.74, 6) is -5.98. The summed E-state index contributed by atoms with van der Waals surface area (Å²) in [6, 6.07) is 3.93. The normalized spacial score (nSPS) is 22.3. The summed E-state index contributed by atoms with van der Waals surface area (Å²) in [4.78, 5) is 26.0. The topological polar surface area (TPSA) is 61.4 Å². The highest BCUT2D eigenvalue weighted by Crippen LogP contribution is 2.43. The number of nitrogens with zero attached hydrogens (tertiary/aromatic N) is 1. The van der Waals surface area contributed by atoms with Crippen LogP contribution in [0.4, 0.5) is 41.2 Å². The molecule has 0 aromatic heterocycles. The van der Waals surface area contributed by atoms with Crippen molar-refractivity contribution in [2.45, 2.75) is 24.8 Å². The number of hydrogen-bond acceptors (Lipinski definition) is 2. The highest BCUT2D eigenvalue weighted by molar-refractivity contribution is 9.10. The van der Waals surface area contributed by atoms with E-state index in [1.165, 1.54) is 18.2 Å². The highest BCUT2D eigenvalue weighted by atomic mass is 79.9. The fourth-order valence-electron chi connectivity index (χ4n) is 4.40. The van der Waals surface area contributed by atoms with E-state index in [0.717, 1.165) is 12.1 Å². The van der Waals surface area contributed by atoms with Gasteiger partial charge in [0.15, 0.2) is 0 Å². The van der Waals surface area contributed by atoms with Crippen LogP contribution in [0.3, 0.4) is 0 Å². The van der Waals surface area contributed by atoms with Crippen LogP contribution in [0.2, 0.25) is 5.02 Å². The molecule has 36 heavy (non-hydrogen) atoms. The Kier molecular flexibility index (Phi) is 6.93. The van der Waals surface area contributed by atoms with E-state index in [1.54, 1.807) is 0 Å². The number of halogens is 9. The third kappa shape index (κ3) is 5.26. The zero-order valence-electron chi connectivity index (χ0n) is 17.9. The van der Waals surface area contributed by atoms with Crippen molar-refractivity contribution in [1.82, 2.24) is 10.2 Å². The summed E-state index contributed by atoms with van der Waals surface area (Å²) < 4.78 is 94.2. The number of hydrogen-bond donors (Lipinski definition) is 2. The molecule has 14 heteroatoms. The molecule has 3 amide bonds. The molecule has 0 aliphatic carbocycles. The Labute approximate surface area is 213 Å². The molecule has 2 aliphatic rings. The molecule has 3 atom stereocenters. The highest BCUT2D eigenvalue weighted by Gasteiger charge is 2.52. The van der Waals surface area contributed by atoms with Crippen molar-refractivity contribution in [1.29, 1.82) is 0 Å². The van der Waals surface area contributed by atoms with E-state index in [9.17, 15) is 40.3 Å². The molecule has 0 bridgehead atoms. The zero-order valence-corrected chi connectivity index (χ0v) is 20.2. The number of amides is 3. The Balaban J connectivity index is 1.69. The van der Waals surface area contributed by atoms with Gasteiger partial charge in [-0.2, -0.15) is 26.3 Å². The molecule has 0 spiro atoms. The van der Waals surface area contributed by atoms with E-state index in [-0.39, 0.29) is 27.4 Å². The number of likely N-dealkylation sites (tertiary alicyclic amines) is 1. The largest absolute Gasteiger partial charge is 0.393 e. The van der Waals surface area contributed by atoms with Crippen LogP contribution in [0.15, 0.2) is 34.8 Å². The summed E-state index contributed by atoms with van der Waals surface area (Å²) in [6.45, 7) is -1.93. The molecule has 4 rings (SSSR count). The van der Waals surface area contributed by atoms with Crippen molar-refractivity contribution in [2.24, 2.45) is 11.8 Å². The first-order chi connectivity index (χ1) is 16.6. The number of alkyl halides is 6. The molecule has 5 nitrogen and oxygen atoms in total. The number of carbonyl (C=O) groups is 2. The van der Waals surface area contributed by atoms with E-state index in [0.29, 0.717) is 9.37 Å². The van der Waals surface area contributed by atoms with Gasteiger partial charge in [0, 0.05) is 45.0 Å². The molecule has 0 radical (unpaired) electrons. The second-order valence-corrected chi connectivity index (χ2v) is 9.86. The van der Waals surface area contributed by atoms with Crippen LogP contribution in [0, 0.1) is 17.7 Å². The van der Waals surface area contributed by atoms with Gasteiger partial charge in [0.05, 0.1) is 17.9 Å². The van der Waals surface area contributed by atoms with Gasteiger partial charge in [0.1, 0.15) is 5.82 Å². The number of anilines is 1. The van der Waals surface area contributed by atoms with Gasteiger partial charge in [-0.1, -0.05) is 27.5 Å². The Hall–Kier alpha value is -2.54. The maximum Gasteiger partial charge on any atom is 0.393 e. The molecule has 2 heterocycles. The lowest BCUT2D eigenvalue weighted by Crippen LogP contribution is -2.52. The van der Waals surface area contributed by atoms with Crippen LogP contribution in [-0.4, -0.2) is 42.3 Å². The van der Waals surface area contributed by atoms with Crippen molar-refractivity contribution < 1.29 is 40.3 Å². The molecule has 2 aromatic rings. The molecule has 1 saturated heterocycles. The summed E-state index contributed by atoms with van der Waals surface area (Å²) in [5.41, 5.74) is 0.283. The van der Waals surface area contributed by atoms with Crippen molar-refractivity contribution >= 4 is 45.2 Å². The maximum atomic E-state index is 13.9. The SMILES string of the molecule is O=C1NC(c2cc(F)ccc2Cl)c2c(NC(=O)N3CC(C(F)(F)F)CC(C(F)(F)F)C3)cc(Br)cc21. The van der Waals surface area contributed by atoms with E-state index in [1.807, 2.05) is 0 Å². The summed E-state index contributed by atoms with van der Waals surface area (Å²) >= 11 is 9.36. The van der Waals surface area contributed by atoms with E-state index in [4.69, 9.17) is 11.6 Å². The summed E-state index contributed by atoms with van der Waals surface area (Å²) in [5, 5.41) is 5.04. The number of benzene rings is 2. The van der Waals surface area contributed by atoms with Crippen LogP contribution in [0.5, 0.6) is 0 Å². The first kappa shape index (κ1) is 26.5. The third-order valence-corrected chi connectivity index (χ3v) is 6.93.